The van der Waals surface area contributed by atoms with Gasteiger partial charge >= 0.3 is 5.97 Å². The zero-order chi connectivity index (χ0) is 32.1. The number of hydrogen-bond donors (Lipinski definition) is 3. The number of aromatic amines is 1. The van der Waals surface area contributed by atoms with Crippen molar-refractivity contribution in [3.05, 3.63) is 24.9 Å². The van der Waals surface area contributed by atoms with Crippen LogP contribution in [-0.2, 0) is 19.1 Å². The summed E-state index contributed by atoms with van der Waals surface area (Å²) in [7, 11) is 0. The molecule has 3 N–H and O–H groups in total. The highest BCUT2D eigenvalue weighted by Crippen LogP contribution is 2.68. The van der Waals surface area contributed by atoms with Crippen molar-refractivity contribution in [2.24, 2.45) is 34.0 Å². The van der Waals surface area contributed by atoms with Crippen molar-refractivity contribution in [2.75, 3.05) is 30.7 Å². The minimum atomic E-state index is -0.711. The van der Waals surface area contributed by atoms with Crippen LogP contribution in [0, 0.1) is 34.0 Å². The standard InChI is InChI=1S/C34H47N5O5S/c1-6-32(4)17-24(33(5)20(2)9-12-34(21(3)28(32)43)13-10-23(40)27(33)34)44-26(42)19-45-31-37-29-22(11-14-35-29)30(38-31)36-25(41)18-39-15-7-8-16-39/h6,11,14,20-21,24,27-28,43H,1,7-10,12-13,15-19H2,2-5H3,(H2,35,36,37,38,41)/t20-,21+,24-,27+,28+,32-,33+,34+/m1/s1. The highest BCUT2D eigenvalue weighted by atomic mass is 32.2. The number of ether oxygens (including phenoxy) is 1. The highest BCUT2D eigenvalue weighted by Gasteiger charge is 2.68. The van der Waals surface area contributed by atoms with E-state index in [4.69, 9.17) is 4.74 Å². The maximum absolute atomic E-state index is 13.6. The number of rotatable bonds is 8. The van der Waals surface area contributed by atoms with Crippen LogP contribution in [0.4, 0.5) is 5.82 Å². The van der Waals surface area contributed by atoms with Crippen molar-refractivity contribution in [3.63, 3.8) is 0 Å². The number of aromatic nitrogens is 3. The predicted octanol–water partition coefficient (Wildman–Crippen LogP) is 4.99. The van der Waals surface area contributed by atoms with E-state index in [0.717, 1.165) is 57.0 Å². The van der Waals surface area contributed by atoms with Crippen LogP contribution >= 0.6 is 11.8 Å². The van der Waals surface area contributed by atoms with E-state index >= 15 is 0 Å². The molecule has 10 nitrogen and oxygen atoms in total. The second-order valence-electron chi connectivity index (χ2n) is 14.5. The van der Waals surface area contributed by atoms with Crippen LogP contribution in [0.3, 0.4) is 0 Å². The number of nitrogens with zero attached hydrogens (tertiary/aromatic N) is 3. The van der Waals surface area contributed by atoms with Crippen LogP contribution in [0.15, 0.2) is 30.1 Å². The number of carbonyl (C=O) groups excluding carboxylic acids is 3. The minimum absolute atomic E-state index is 0.0398. The molecule has 11 heteroatoms. The van der Waals surface area contributed by atoms with Crippen LogP contribution in [-0.4, -0.2) is 80.2 Å². The number of amides is 1. The Morgan fingerprint density at radius 1 is 1.24 bits per heavy atom. The molecule has 0 radical (unpaired) electrons. The third kappa shape index (κ3) is 5.52. The van der Waals surface area contributed by atoms with Crippen LogP contribution in [0.1, 0.15) is 72.6 Å². The lowest BCUT2D eigenvalue weighted by atomic mass is 9.44. The molecular weight excluding hydrogens is 590 g/mol. The molecule has 3 aliphatic carbocycles. The van der Waals surface area contributed by atoms with E-state index in [1.54, 1.807) is 12.3 Å². The number of fused-ring (bicyclic) bond motifs is 1. The summed E-state index contributed by atoms with van der Waals surface area (Å²) in [6.45, 7) is 14.6. The molecule has 3 saturated carbocycles. The van der Waals surface area contributed by atoms with Gasteiger partial charge in [-0.1, -0.05) is 45.5 Å². The average molecular weight is 638 g/mol. The Hall–Kier alpha value is -2.76. The molecule has 3 heterocycles. The fourth-order valence-electron chi connectivity index (χ4n) is 9.21. The highest BCUT2D eigenvalue weighted by molar-refractivity contribution is 7.99. The van der Waals surface area contributed by atoms with Crippen molar-refractivity contribution < 1.29 is 24.2 Å². The van der Waals surface area contributed by atoms with Gasteiger partial charge in [-0.05, 0) is 74.9 Å². The number of nitrogens with one attached hydrogen (secondary N) is 2. The fraction of sp³-hybridized carbons (Fsp3) is 0.676. The van der Waals surface area contributed by atoms with Gasteiger partial charge in [-0.3, -0.25) is 19.3 Å². The zero-order valence-electron chi connectivity index (χ0n) is 26.9. The summed E-state index contributed by atoms with van der Waals surface area (Å²) in [5.41, 5.74) is -1.01. The van der Waals surface area contributed by atoms with Crippen LogP contribution in [0.25, 0.3) is 11.0 Å². The molecule has 0 unspecified atom stereocenters. The van der Waals surface area contributed by atoms with Crippen molar-refractivity contribution in [3.8, 4) is 0 Å². The largest absolute Gasteiger partial charge is 0.461 e. The SMILES string of the molecule is C=C[C@]1(C)C[C@@H](OC(=O)CSc2nc(NC(=O)CN3CCCC3)c3cc[nH]c3n2)[C@]2(C)[C@H](C)CC[C@]3(CCC(=O)[C@H]32)[C@@H](C)[C@@H]1O. The van der Waals surface area contributed by atoms with Crippen LogP contribution in [0.5, 0.6) is 0 Å². The topological polar surface area (TPSA) is 138 Å². The molecule has 4 fully saturated rings. The average Bonchev–Trinajstić information content (AvgIpc) is 3.78. The van der Waals surface area contributed by atoms with Gasteiger partial charge in [0.05, 0.1) is 23.8 Å². The summed E-state index contributed by atoms with van der Waals surface area (Å²) < 4.78 is 6.37. The number of hydrogen-bond acceptors (Lipinski definition) is 9. The Morgan fingerprint density at radius 3 is 2.73 bits per heavy atom. The number of esters is 1. The lowest BCUT2D eigenvalue weighted by Gasteiger charge is -2.61. The molecule has 0 spiro atoms. The monoisotopic (exact) mass is 637 g/mol. The molecule has 4 aliphatic rings. The van der Waals surface area contributed by atoms with Gasteiger partial charge in [-0.2, -0.15) is 0 Å². The first-order valence-corrected chi connectivity index (χ1v) is 17.4. The van der Waals surface area contributed by atoms with E-state index in [0.29, 0.717) is 41.4 Å². The number of Topliss-reactive ketones (excluding diaryl/α,β-unsaturated/α-hetero) is 1. The molecule has 6 rings (SSSR count). The number of H-pyrrole nitrogens is 1. The Bertz CT molecular complexity index is 1490. The summed E-state index contributed by atoms with van der Waals surface area (Å²) in [4.78, 5) is 54.5. The number of aliphatic hydroxyl groups excluding tert-OH is 1. The van der Waals surface area contributed by atoms with Crippen molar-refractivity contribution in [2.45, 2.75) is 90.0 Å². The third-order valence-electron chi connectivity index (χ3n) is 12.1. The molecule has 1 saturated heterocycles. The molecule has 2 aromatic rings. The van der Waals surface area contributed by atoms with Crippen molar-refractivity contribution >= 4 is 46.3 Å². The zero-order valence-corrected chi connectivity index (χ0v) is 27.8. The molecule has 2 aromatic heterocycles. The first kappa shape index (κ1) is 32.2. The summed E-state index contributed by atoms with van der Waals surface area (Å²) in [6.07, 6.45) is 7.91. The smallest absolute Gasteiger partial charge is 0.316 e. The van der Waals surface area contributed by atoms with Gasteiger partial charge in [-0.15, -0.1) is 6.58 Å². The lowest BCUT2D eigenvalue weighted by Crippen LogP contribution is -2.63. The van der Waals surface area contributed by atoms with Gasteiger partial charge in [0, 0.05) is 29.4 Å². The Balaban J connectivity index is 1.22. The van der Waals surface area contributed by atoms with Gasteiger partial charge in [-0.25, -0.2) is 9.97 Å². The Kier molecular flexibility index (Phi) is 8.67. The minimum Gasteiger partial charge on any atom is -0.461 e. The fourth-order valence-corrected chi connectivity index (χ4v) is 9.84. The van der Waals surface area contributed by atoms with E-state index in [1.165, 1.54) is 0 Å². The molecule has 8 atom stereocenters. The first-order chi connectivity index (χ1) is 21.4. The van der Waals surface area contributed by atoms with Gasteiger partial charge in [0.15, 0.2) is 5.16 Å². The molecular formula is C34H47N5O5S. The van der Waals surface area contributed by atoms with E-state index in [9.17, 15) is 19.5 Å². The van der Waals surface area contributed by atoms with Gasteiger partial charge in [0.1, 0.15) is 23.4 Å². The number of thioether (sulfide) groups is 1. The van der Waals surface area contributed by atoms with E-state index < -0.39 is 29.0 Å². The summed E-state index contributed by atoms with van der Waals surface area (Å²) >= 11 is 1.15. The lowest BCUT2D eigenvalue weighted by molar-refractivity contribution is -0.205. The maximum Gasteiger partial charge on any atom is 0.316 e. The first-order valence-electron chi connectivity index (χ1n) is 16.5. The quantitative estimate of drug-likeness (QED) is 0.158. The molecule has 0 aromatic carbocycles. The summed E-state index contributed by atoms with van der Waals surface area (Å²) in [6, 6.07) is 1.82. The molecule has 2 bridgehead atoms. The van der Waals surface area contributed by atoms with Crippen molar-refractivity contribution in [1.82, 2.24) is 19.9 Å². The summed E-state index contributed by atoms with van der Waals surface area (Å²) in [5.74, 6) is -0.161. The maximum atomic E-state index is 13.6. The van der Waals surface area contributed by atoms with Crippen LogP contribution in [0.2, 0.25) is 0 Å². The number of aliphatic hydroxyl groups is 1. The molecule has 1 aliphatic heterocycles. The van der Waals surface area contributed by atoms with Gasteiger partial charge in [0.25, 0.3) is 0 Å². The van der Waals surface area contributed by atoms with Crippen LogP contribution < -0.4 is 5.32 Å². The predicted molar refractivity (Wildman–Crippen MR) is 174 cm³/mol. The van der Waals surface area contributed by atoms with Crippen molar-refractivity contribution in [1.29, 1.82) is 0 Å². The number of anilines is 1. The second-order valence-corrected chi connectivity index (χ2v) is 15.4. The molecule has 244 valence electrons. The Morgan fingerprint density at radius 2 is 2.00 bits per heavy atom. The van der Waals surface area contributed by atoms with Gasteiger partial charge in [0.2, 0.25) is 5.91 Å². The van der Waals surface area contributed by atoms with E-state index in [-0.39, 0.29) is 40.6 Å². The summed E-state index contributed by atoms with van der Waals surface area (Å²) in [5, 5.41) is 15.7. The number of ketones is 1. The normalized spacial score (nSPS) is 36.7. The Labute approximate surface area is 269 Å². The van der Waals surface area contributed by atoms with E-state index in [2.05, 4.69) is 52.5 Å². The molecule has 1 amide bonds. The third-order valence-corrected chi connectivity index (χ3v) is 12.9. The van der Waals surface area contributed by atoms with Gasteiger partial charge < -0.3 is 20.1 Å². The molecule has 45 heavy (non-hydrogen) atoms. The van der Waals surface area contributed by atoms with E-state index in [1.807, 2.05) is 13.0 Å². The number of carbonyl (C=O) groups is 3. The second kappa shape index (κ2) is 12.1. The number of likely N-dealkylation sites (tertiary alicyclic amines) is 1.